The number of hydrogen-bond donors (Lipinski definition) is 2. The van der Waals surface area contributed by atoms with E-state index in [4.69, 9.17) is 0 Å². The van der Waals surface area contributed by atoms with Gasteiger partial charge in [-0.05, 0) is 17.9 Å². The molecular weight excluding hydrogens is 357 g/mol. The summed E-state index contributed by atoms with van der Waals surface area (Å²) >= 11 is 0. The molecule has 0 bridgehead atoms. The lowest BCUT2D eigenvalue weighted by molar-refractivity contribution is -0.173. The summed E-state index contributed by atoms with van der Waals surface area (Å²) in [6.45, 7) is 4.54. The number of benzene rings is 1. The maximum atomic E-state index is 13.6. The zero-order valence-corrected chi connectivity index (χ0v) is 15.3. The first-order chi connectivity index (χ1) is 12.8. The van der Waals surface area contributed by atoms with E-state index in [2.05, 4.69) is 15.7 Å². The standard InChI is InChI=1S/C19H23F3N4O/c1-12(2)8-9-23-18(27)14-11-24-26-16(19(20,21)22)10-15(25-17(14)26)13-6-4-3-5-7-13/h3-7,11-12,15-16,25H,8-10H2,1-2H3,(H,23,27). The first-order valence-corrected chi connectivity index (χ1v) is 9.01. The van der Waals surface area contributed by atoms with Crippen LogP contribution in [0.15, 0.2) is 36.5 Å². The average molecular weight is 380 g/mol. The summed E-state index contributed by atoms with van der Waals surface area (Å²) < 4.78 is 41.8. The molecule has 0 fully saturated rings. The second kappa shape index (κ2) is 7.62. The molecule has 0 saturated heterocycles. The highest BCUT2D eigenvalue weighted by Crippen LogP contribution is 2.44. The van der Waals surface area contributed by atoms with Gasteiger partial charge in [0.25, 0.3) is 5.91 Å². The summed E-state index contributed by atoms with van der Waals surface area (Å²) in [5.41, 5.74) is 0.874. The minimum atomic E-state index is -4.46. The van der Waals surface area contributed by atoms with Crippen molar-refractivity contribution in [2.24, 2.45) is 5.92 Å². The highest BCUT2D eigenvalue weighted by atomic mass is 19.4. The lowest BCUT2D eigenvalue weighted by atomic mass is 9.96. The molecule has 1 aromatic heterocycles. The van der Waals surface area contributed by atoms with Gasteiger partial charge in [0.2, 0.25) is 0 Å². The molecule has 2 N–H and O–H groups in total. The zero-order chi connectivity index (χ0) is 19.6. The van der Waals surface area contributed by atoms with Crippen molar-refractivity contribution in [3.8, 4) is 0 Å². The Labute approximate surface area is 155 Å². The number of anilines is 1. The molecule has 0 aliphatic carbocycles. The van der Waals surface area contributed by atoms with Crippen LogP contribution >= 0.6 is 0 Å². The quantitative estimate of drug-likeness (QED) is 0.812. The Hall–Kier alpha value is -2.51. The SMILES string of the molecule is CC(C)CCNC(=O)c1cnn2c1NC(c1ccccc1)CC2C(F)(F)F. The van der Waals surface area contributed by atoms with Gasteiger partial charge in [-0.1, -0.05) is 44.2 Å². The molecule has 2 unspecified atom stereocenters. The molecule has 5 nitrogen and oxygen atoms in total. The molecule has 8 heteroatoms. The van der Waals surface area contributed by atoms with Gasteiger partial charge in [0.15, 0.2) is 6.04 Å². The van der Waals surface area contributed by atoms with E-state index >= 15 is 0 Å². The van der Waals surface area contributed by atoms with Crippen molar-refractivity contribution in [3.63, 3.8) is 0 Å². The third-order valence-corrected chi connectivity index (χ3v) is 4.69. The van der Waals surface area contributed by atoms with E-state index in [0.29, 0.717) is 12.5 Å². The molecule has 27 heavy (non-hydrogen) atoms. The predicted octanol–water partition coefficient (Wildman–Crippen LogP) is 4.32. The van der Waals surface area contributed by atoms with Crippen LogP contribution in [0.1, 0.15) is 54.7 Å². The van der Waals surface area contributed by atoms with Crippen molar-refractivity contribution >= 4 is 11.7 Å². The Morgan fingerprint density at radius 2 is 2.04 bits per heavy atom. The van der Waals surface area contributed by atoms with Crippen LogP contribution in [0.2, 0.25) is 0 Å². The summed E-state index contributed by atoms with van der Waals surface area (Å²) in [5, 5.41) is 9.72. The number of nitrogens with one attached hydrogen (secondary N) is 2. The molecule has 3 rings (SSSR count). The summed E-state index contributed by atoms with van der Waals surface area (Å²) in [6, 6.07) is 6.60. The van der Waals surface area contributed by atoms with Gasteiger partial charge >= 0.3 is 6.18 Å². The number of carbonyl (C=O) groups excluding carboxylic acids is 1. The fourth-order valence-electron chi connectivity index (χ4n) is 3.20. The number of halogens is 3. The van der Waals surface area contributed by atoms with Crippen LogP contribution in [-0.4, -0.2) is 28.4 Å². The summed E-state index contributed by atoms with van der Waals surface area (Å²) in [7, 11) is 0. The van der Waals surface area contributed by atoms with E-state index in [9.17, 15) is 18.0 Å². The normalized spacial score (nSPS) is 19.5. The molecule has 1 amide bonds. The second-order valence-electron chi connectivity index (χ2n) is 7.19. The molecule has 2 aromatic rings. The number of fused-ring (bicyclic) bond motifs is 1. The van der Waals surface area contributed by atoms with Crippen LogP contribution in [0.3, 0.4) is 0 Å². The van der Waals surface area contributed by atoms with Crippen molar-refractivity contribution in [2.45, 2.75) is 44.9 Å². The Kier molecular flexibility index (Phi) is 5.43. The molecule has 146 valence electrons. The van der Waals surface area contributed by atoms with Gasteiger partial charge in [0, 0.05) is 13.0 Å². The number of alkyl halides is 3. The fraction of sp³-hybridized carbons (Fsp3) is 0.474. The van der Waals surface area contributed by atoms with E-state index < -0.39 is 24.2 Å². The maximum absolute atomic E-state index is 13.6. The van der Waals surface area contributed by atoms with Gasteiger partial charge in [0.05, 0.1) is 12.2 Å². The number of aromatic nitrogens is 2. The maximum Gasteiger partial charge on any atom is 0.410 e. The smallest absolute Gasteiger partial charge is 0.363 e. The Morgan fingerprint density at radius 3 is 2.67 bits per heavy atom. The van der Waals surface area contributed by atoms with Crippen molar-refractivity contribution in [2.75, 3.05) is 11.9 Å². The summed E-state index contributed by atoms with van der Waals surface area (Å²) in [5.74, 6) is 0.111. The van der Waals surface area contributed by atoms with Crippen LogP contribution in [0.25, 0.3) is 0 Å². The van der Waals surface area contributed by atoms with Crippen molar-refractivity contribution in [1.29, 1.82) is 0 Å². The van der Waals surface area contributed by atoms with Crippen molar-refractivity contribution in [1.82, 2.24) is 15.1 Å². The van der Waals surface area contributed by atoms with Gasteiger partial charge in [0.1, 0.15) is 11.4 Å². The van der Waals surface area contributed by atoms with E-state index in [1.807, 2.05) is 19.9 Å². The van der Waals surface area contributed by atoms with Gasteiger partial charge in [-0.25, -0.2) is 4.68 Å². The number of amides is 1. The van der Waals surface area contributed by atoms with Crippen LogP contribution in [0, 0.1) is 5.92 Å². The third kappa shape index (κ3) is 4.26. The number of hydrogen-bond acceptors (Lipinski definition) is 3. The van der Waals surface area contributed by atoms with Gasteiger partial charge in [-0.2, -0.15) is 18.3 Å². The van der Waals surface area contributed by atoms with Gasteiger partial charge in [-0.15, -0.1) is 0 Å². The number of carbonyl (C=O) groups is 1. The Morgan fingerprint density at radius 1 is 1.33 bits per heavy atom. The Bertz CT molecular complexity index is 786. The summed E-state index contributed by atoms with van der Waals surface area (Å²) in [4.78, 5) is 12.5. The molecule has 0 radical (unpaired) electrons. The topological polar surface area (TPSA) is 59.0 Å². The highest BCUT2D eigenvalue weighted by Gasteiger charge is 2.47. The minimum Gasteiger partial charge on any atom is -0.363 e. The molecule has 2 heterocycles. The van der Waals surface area contributed by atoms with E-state index in [-0.39, 0.29) is 17.8 Å². The second-order valence-corrected chi connectivity index (χ2v) is 7.19. The van der Waals surface area contributed by atoms with Crippen molar-refractivity contribution < 1.29 is 18.0 Å². The molecule has 0 spiro atoms. The van der Waals surface area contributed by atoms with E-state index in [1.54, 1.807) is 24.3 Å². The molecular formula is C19H23F3N4O. The van der Waals surface area contributed by atoms with Crippen LogP contribution in [0.5, 0.6) is 0 Å². The Balaban J connectivity index is 1.90. The van der Waals surface area contributed by atoms with Crippen LogP contribution < -0.4 is 10.6 Å². The minimum absolute atomic E-state index is 0.111. The third-order valence-electron chi connectivity index (χ3n) is 4.69. The lowest BCUT2D eigenvalue weighted by Gasteiger charge is -2.34. The first-order valence-electron chi connectivity index (χ1n) is 9.01. The zero-order valence-electron chi connectivity index (χ0n) is 15.3. The van der Waals surface area contributed by atoms with E-state index in [1.165, 1.54) is 6.20 Å². The summed E-state index contributed by atoms with van der Waals surface area (Å²) in [6.07, 6.45) is -2.64. The number of nitrogens with zero attached hydrogens (tertiary/aromatic N) is 2. The van der Waals surface area contributed by atoms with Gasteiger partial charge in [-0.3, -0.25) is 4.79 Å². The predicted molar refractivity (Wildman–Crippen MR) is 96.5 cm³/mol. The lowest BCUT2D eigenvalue weighted by Crippen LogP contribution is -2.36. The average Bonchev–Trinajstić information content (AvgIpc) is 3.04. The van der Waals surface area contributed by atoms with Crippen LogP contribution in [-0.2, 0) is 0 Å². The molecule has 1 aliphatic rings. The van der Waals surface area contributed by atoms with E-state index in [0.717, 1.165) is 16.7 Å². The van der Waals surface area contributed by atoms with Crippen molar-refractivity contribution in [3.05, 3.63) is 47.7 Å². The largest absolute Gasteiger partial charge is 0.410 e. The molecule has 1 aliphatic heterocycles. The first kappa shape index (κ1) is 19.3. The number of rotatable bonds is 5. The van der Waals surface area contributed by atoms with Crippen LogP contribution in [0.4, 0.5) is 19.0 Å². The molecule has 0 saturated carbocycles. The molecule has 2 atom stereocenters. The fourth-order valence-corrected chi connectivity index (χ4v) is 3.20. The van der Waals surface area contributed by atoms with Gasteiger partial charge < -0.3 is 10.6 Å². The monoisotopic (exact) mass is 380 g/mol. The highest BCUT2D eigenvalue weighted by molar-refractivity contribution is 5.98. The molecule has 1 aromatic carbocycles.